The van der Waals surface area contributed by atoms with E-state index < -0.39 is 0 Å². The van der Waals surface area contributed by atoms with Crippen LogP contribution in [0.4, 0.5) is 0 Å². The van der Waals surface area contributed by atoms with Crippen LogP contribution in [0.25, 0.3) is 0 Å². The molecule has 6 heteroatoms. The molecule has 3 heterocycles. The Kier molecular flexibility index (Phi) is 6.93. The molecule has 3 rings (SSSR count). The van der Waals surface area contributed by atoms with Gasteiger partial charge in [0.1, 0.15) is 0 Å². The Morgan fingerprint density at radius 3 is 2.63 bits per heavy atom. The van der Waals surface area contributed by atoms with Crippen LogP contribution in [-0.2, 0) is 11.2 Å². The molecule has 0 aliphatic carbocycles. The number of aromatic nitrogens is 2. The van der Waals surface area contributed by atoms with Gasteiger partial charge in [-0.1, -0.05) is 13.8 Å². The lowest BCUT2D eigenvalue weighted by Gasteiger charge is -2.32. The molecular formula is C21H36N4O2. The SMILES string of the molecule is CCN(CC)CCCC1CCN(C(=O)c2n[nH]c3c2C[C@H](C)O[C@@H]3C)CC1. The number of hydrogen-bond donors (Lipinski definition) is 1. The highest BCUT2D eigenvalue weighted by molar-refractivity contribution is 5.94. The summed E-state index contributed by atoms with van der Waals surface area (Å²) in [6, 6.07) is 0. The van der Waals surface area contributed by atoms with E-state index in [9.17, 15) is 4.79 Å². The number of nitrogens with zero attached hydrogens (tertiary/aromatic N) is 3. The second-order valence-electron chi connectivity index (χ2n) is 8.16. The van der Waals surface area contributed by atoms with Gasteiger partial charge in [0, 0.05) is 25.1 Å². The number of nitrogens with one attached hydrogen (secondary N) is 1. The van der Waals surface area contributed by atoms with Crippen LogP contribution in [0.5, 0.6) is 0 Å². The lowest BCUT2D eigenvalue weighted by molar-refractivity contribution is -0.00703. The summed E-state index contributed by atoms with van der Waals surface area (Å²) in [5.41, 5.74) is 2.65. The van der Waals surface area contributed by atoms with Crippen LogP contribution in [-0.4, -0.2) is 64.7 Å². The van der Waals surface area contributed by atoms with Crippen molar-refractivity contribution in [3.63, 3.8) is 0 Å². The highest BCUT2D eigenvalue weighted by atomic mass is 16.5. The van der Waals surface area contributed by atoms with E-state index in [-0.39, 0.29) is 18.1 Å². The number of hydrogen-bond acceptors (Lipinski definition) is 4. The number of amides is 1. The number of likely N-dealkylation sites (tertiary alicyclic amines) is 1. The Morgan fingerprint density at radius 2 is 1.96 bits per heavy atom. The van der Waals surface area contributed by atoms with Crippen molar-refractivity contribution >= 4 is 5.91 Å². The molecule has 2 atom stereocenters. The fourth-order valence-corrected chi connectivity index (χ4v) is 4.57. The number of rotatable bonds is 7. The van der Waals surface area contributed by atoms with Crippen LogP contribution in [0.15, 0.2) is 0 Å². The van der Waals surface area contributed by atoms with E-state index in [2.05, 4.69) is 35.9 Å². The van der Waals surface area contributed by atoms with Crippen molar-refractivity contribution in [3.8, 4) is 0 Å². The van der Waals surface area contributed by atoms with Crippen LogP contribution in [0.1, 0.15) is 81.2 Å². The van der Waals surface area contributed by atoms with Crippen molar-refractivity contribution in [1.82, 2.24) is 20.0 Å². The van der Waals surface area contributed by atoms with E-state index >= 15 is 0 Å². The average molecular weight is 377 g/mol. The van der Waals surface area contributed by atoms with Crippen molar-refractivity contribution in [2.24, 2.45) is 5.92 Å². The highest BCUT2D eigenvalue weighted by Crippen LogP contribution is 2.31. The Bertz CT molecular complexity index is 618. The quantitative estimate of drug-likeness (QED) is 0.792. The van der Waals surface area contributed by atoms with Crippen molar-refractivity contribution in [3.05, 3.63) is 17.0 Å². The lowest BCUT2D eigenvalue weighted by atomic mass is 9.91. The maximum Gasteiger partial charge on any atom is 0.274 e. The van der Waals surface area contributed by atoms with E-state index in [0.29, 0.717) is 5.69 Å². The van der Waals surface area contributed by atoms with Crippen molar-refractivity contribution < 1.29 is 9.53 Å². The van der Waals surface area contributed by atoms with Gasteiger partial charge in [-0.3, -0.25) is 9.89 Å². The van der Waals surface area contributed by atoms with E-state index in [1.165, 1.54) is 19.4 Å². The van der Waals surface area contributed by atoms with Crippen LogP contribution in [0.2, 0.25) is 0 Å². The summed E-state index contributed by atoms with van der Waals surface area (Å²) in [4.78, 5) is 17.5. The Labute approximate surface area is 163 Å². The molecule has 1 saturated heterocycles. The second kappa shape index (κ2) is 9.20. The maximum absolute atomic E-state index is 13.0. The molecule has 27 heavy (non-hydrogen) atoms. The van der Waals surface area contributed by atoms with Crippen LogP contribution in [0.3, 0.4) is 0 Å². The monoisotopic (exact) mass is 376 g/mol. The molecule has 0 radical (unpaired) electrons. The molecule has 0 spiro atoms. The van der Waals surface area contributed by atoms with E-state index in [0.717, 1.165) is 62.6 Å². The summed E-state index contributed by atoms with van der Waals surface area (Å²) < 4.78 is 5.84. The number of ether oxygens (including phenoxy) is 1. The van der Waals surface area contributed by atoms with Gasteiger partial charge in [0.2, 0.25) is 0 Å². The predicted octanol–water partition coefficient (Wildman–Crippen LogP) is 3.41. The normalized spacial score (nSPS) is 23.7. The smallest absolute Gasteiger partial charge is 0.274 e. The van der Waals surface area contributed by atoms with Crippen molar-refractivity contribution in [2.75, 3.05) is 32.7 Å². The molecular weight excluding hydrogens is 340 g/mol. The number of aromatic amines is 1. The van der Waals surface area contributed by atoms with Crippen molar-refractivity contribution in [1.29, 1.82) is 0 Å². The summed E-state index contributed by atoms with van der Waals surface area (Å²) in [6.45, 7) is 13.7. The largest absolute Gasteiger partial charge is 0.369 e. The molecule has 2 aliphatic rings. The third-order valence-corrected chi connectivity index (χ3v) is 6.32. The minimum Gasteiger partial charge on any atom is -0.369 e. The minimum atomic E-state index is -0.0191. The average Bonchev–Trinajstić information content (AvgIpc) is 3.09. The van der Waals surface area contributed by atoms with Crippen LogP contribution in [0, 0.1) is 5.92 Å². The first-order valence-electron chi connectivity index (χ1n) is 10.8. The third-order valence-electron chi connectivity index (χ3n) is 6.32. The van der Waals surface area contributed by atoms with E-state index in [1.54, 1.807) is 0 Å². The molecule has 1 fully saturated rings. The molecule has 1 N–H and O–H groups in total. The van der Waals surface area contributed by atoms with Gasteiger partial charge in [0.25, 0.3) is 5.91 Å². The molecule has 1 amide bonds. The Morgan fingerprint density at radius 1 is 1.26 bits per heavy atom. The highest BCUT2D eigenvalue weighted by Gasteiger charge is 2.32. The fourth-order valence-electron chi connectivity index (χ4n) is 4.57. The van der Waals surface area contributed by atoms with Gasteiger partial charge in [-0.15, -0.1) is 0 Å². The van der Waals surface area contributed by atoms with Gasteiger partial charge in [-0.2, -0.15) is 5.10 Å². The zero-order valence-electron chi connectivity index (χ0n) is 17.5. The van der Waals surface area contributed by atoms with Crippen LogP contribution < -0.4 is 0 Å². The fraction of sp³-hybridized carbons (Fsp3) is 0.810. The molecule has 152 valence electrons. The van der Waals surface area contributed by atoms with Gasteiger partial charge in [-0.05, 0) is 65.1 Å². The lowest BCUT2D eigenvalue weighted by Crippen LogP contribution is -2.39. The molecule has 2 aliphatic heterocycles. The van der Waals surface area contributed by atoms with Gasteiger partial charge in [0.15, 0.2) is 5.69 Å². The maximum atomic E-state index is 13.0. The Balaban J connectivity index is 1.51. The molecule has 0 saturated carbocycles. The number of carbonyl (C=O) groups excluding carboxylic acids is 1. The second-order valence-corrected chi connectivity index (χ2v) is 8.16. The zero-order chi connectivity index (χ0) is 19.4. The van der Waals surface area contributed by atoms with E-state index in [1.807, 2.05) is 11.8 Å². The Hall–Kier alpha value is -1.40. The third kappa shape index (κ3) is 4.72. The first kappa shape index (κ1) is 20.3. The first-order valence-corrected chi connectivity index (χ1v) is 10.8. The first-order chi connectivity index (χ1) is 13.0. The van der Waals surface area contributed by atoms with Gasteiger partial charge in [0.05, 0.1) is 17.9 Å². The summed E-state index contributed by atoms with van der Waals surface area (Å²) in [7, 11) is 0. The summed E-state index contributed by atoms with van der Waals surface area (Å²) in [6.07, 6.45) is 5.66. The molecule has 1 aromatic heterocycles. The number of H-pyrrole nitrogens is 1. The van der Waals surface area contributed by atoms with E-state index in [4.69, 9.17) is 4.74 Å². The summed E-state index contributed by atoms with van der Waals surface area (Å²) in [5.74, 6) is 0.849. The number of fused-ring (bicyclic) bond motifs is 1. The van der Waals surface area contributed by atoms with Gasteiger partial charge < -0.3 is 14.5 Å². The van der Waals surface area contributed by atoms with Crippen molar-refractivity contribution in [2.45, 2.75) is 72.0 Å². The molecule has 0 unspecified atom stereocenters. The predicted molar refractivity (Wildman–Crippen MR) is 107 cm³/mol. The number of carbonyl (C=O) groups is 1. The van der Waals surface area contributed by atoms with Gasteiger partial charge >= 0.3 is 0 Å². The molecule has 0 bridgehead atoms. The number of piperidine rings is 1. The molecule has 6 nitrogen and oxygen atoms in total. The minimum absolute atomic E-state index is 0.0191. The topological polar surface area (TPSA) is 61.5 Å². The zero-order valence-corrected chi connectivity index (χ0v) is 17.5. The molecule has 0 aromatic carbocycles. The van der Waals surface area contributed by atoms with Crippen LogP contribution >= 0.6 is 0 Å². The standard InChI is InChI=1S/C21H36N4O2/c1-5-24(6-2)11-7-8-17-9-12-25(13-10-17)21(26)20-18-14-15(3)27-16(4)19(18)22-23-20/h15-17H,5-14H2,1-4H3,(H,22,23)/t15-,16+/m0/s1. The summed E-state index contributed by atoms with van der Waals surface area (Å²) >= 11 is 0. The summed E-state index contributed by atoms with van der Waals surface area (Å²) in [5, 5.41) is 7.41. The molecule has 1 aromatic rings. The van der Waals surface area contributed by atoms with Gasteiger partial charge in [-0.25, -0.2) is 0 Å².